The molecular weight excluding hydrogens is 274 g/mol. The first-order chi connectivity index (χ1) is 9.47. The van der Waals surface area contributed by atoms with Gasteiger partial charge >= 0.3 is 0 Å². The predicted molar refractivity (Wildman–Crippen MR) is 80.9 cm³/mol. The van der Waals surface area contributed by atoms with E-state index in [0.717, 1.165) is 5.56 Å². The normalized spacial score (nSPS) is 12.4. The van der Waals surface area contributed by atoms with Crippen LogP contribution >= 0.6 is 11.6 Å². The van der Waals surface area contributed by atoms with Crippen LogP contribution in [0.4, 0.5) is 5.82 Å². The summed E-state index contributed by atoms with van der Waals surface area (Å²) in [4.78, 5) is 12.5. The van der Waals surface area contributed by atoms with Crippen molar-refractivity contribution in [1.82, 2.24) is 9.78 Å². The first-order valence-electron chi connectivity index (χ1n) is 6.53. The van der Waals surface area contributed by atoms with Crippen molar-refractivity contribution in [1.29, 1.82) is 0 Å². The van der Waals surface area contributed by atoms with Crippen molar-refractivity contribution < 1.29 is 4.79 Å². The molecule has 1 unspecified atom stereocenters. The summed E-state index contributed by atoms with van der Waals surface area (Å²) in [5, 5.41) is 7.69. The Balaban J connectivity index is 2.20. The van der Waals surface area contributed by atoms with E-state index in [0.29, 0.717) is 10.8 Å². The Hall–Kier alpha value is -1.81. The molecule has 0 radical (unpaired) electrons. The summed E-state index contributed by atoms with van der Waals surface area (Å²) in [6.45, 7) is 4.05. The molecule has 0 fully saturated rings. The molecule has 1 aromatic carbocycles. The van der Waals surface area contributed by atoms with E-state index in [1.807, 2.05) is 33.0 Å². The highest BCUT2D eigenvalue weighted by atomic mass is 35.5. The van der Waals surface area contributed by atoms with Crippen molar-refractivity contribution in [2.75, 3.05) is 5.32 Å². The second-order valence-electron chi connectivity index (χ2n) is 5.14. The van der Waals surface area contributed by atoms with Gasteiger partial charge in [0, 0.05) is 24.3 Å². The molecule has 5 heteroatoms. The van der Waals surface area contributed by atoms with Gasteiger partial charge in [-0.3, -0.25) is 9.48 Å². The number of hydrogen-bond acceptors (Lipinski definition) is 2. The number of aryl methyl sites for hydroxylation is 1. The van der Waals surface area contributed by atoms with Crippen molar-refractivity contribution in [2.45, 2.75) is 19.8 Å². The zero-order chi connectivity index (χ0) is 14.7. The van der Waals surface area contributed by atoms with Crippen molar-refractivity contribution >= 4 is 23.3 Å². The van der Waals surface area contributed by atoms with Gasteiger partial charge < -0.3 is 5.32 Å². The van der Waals surface area contributed by atoms with E-state index in [2.05, 4.69) is 10.4 Å². The molecule has 1 atom stereocenters. The molecule has 1 amide bonds. The fraction of sp³-hybridized carbons (Fsp3) is 0.333. The smallest absolute Gasteiger partial charge is 0.233 e. The van der Waals surface area contributed by atoms with Gasteiger partial charge in [-0.15, -0.1) is 0 Å². The largest absolute Gasteiger partial charge is 0.309 e. The number of rotatable bonds is 4. The minimum absolute atomic E-state index is 0.0546. The van der Waals surface area contributed by atoms with Crippen LogP contribution in [-0.4, -0.2) is 15.7 Å². The van der Waals surface area contributed by atoms with E-state index in [1.165, 1.54) is 0 Å². The number of amides is 1. The Kier molecular flexibility index (Phi) is 4.45. The number of carbonyl (C=O) groups excluding carboxylic acids is 1. The molecule has 0 saturated carbocycles. The number of aromatic nitrogens is 2. The van der Waals surface area contributed by atoms with Crippen LogP contribution in [0.5, 0.6) is 0 Å². The fourth-order valence-electron chi connectivity index (χ4n) is 2.19. The van der Waals surface area contributed by atoms with Crippen LogP contribution in [0.3, 0.4) is 0 Å². The molecule has 2 aromatic rings. The maximum absolute atomic E-state index is 12.5. The van der Waals surface area contributed by atoms with Crippen LogP contribution in [0, 0.1) is 5.92 Å². The van der Waals surface area contributed by atoms with Gasteiger partial charge in [0.25, 0.3) is 0 Å². The summed E-state index contributed by atoms with van der Waals surface area (Å²) >= 11 is 5.89. The van der Waals surface area contributed by atoms with Crippen LogP contribution in [-0.2, 0) is 11.8 Å². The number of benzene rings is 1. The summed E-state index contributed by atoms with van der Waals surface area (Å²) in [5.41, 5.74) is 0.956. The van der Waals surface area contributed by atoms with Gasteiger partial charge in [0.1, 0.15) is 0 Å². The summed E-state index contributed by atoms with van der Waals surface area (Å²) in [5.74, 6) is 0.465. The van der Waals surface area contributed by atoms with Gasteiger partial charge in [-0.2, -0.15) is 5.10 Å². The van der Waals surface area contributed by atoms with Crippen LogP contribution in [0.2, 0.25) is 5.02 Å². The molecule has 0 aliphatic carbocycles. The summed E-state index contributed by atoms with van der Waals surface area (Å²) < 4.78 is 1.66. The number of hydrogen-bond donors (Lipinski definition) is 1. The lowest BCUT2D eigenvalue weighted by atomic mass is 9.87. The summed E-state index contributed by atoms with van der Waals surface area (Å²) in [6, 6.07) is 9.17. The van der Waals surface area contributed by atoms with Crippen molar-refractivity contribution in [3.63, 3.8) is 0 Å². The Bertz CT molecular complexity index is 589. The molecule has 106 valence electrons. The Morgan fingerprint density at radius 3 is 2.40 bits per heavy atom. The number of anilines is 1. The van der Waals surface area contributed by atoms with E-state index in [4.69, 9.17) is 11.6 Å². The van der Waals surface area contributed by atoms with E-state index in [1.54, 1.807) is 29.1 Å². The molecule has 0 aliphatic heterocycles. The molecule has 1 heterocycles. The molecule has 1 aromatic heterocycles. The van der Waals surface area contributed by atoms with Gasteiger partial charge in [-0.1, -0.05) is 37.6 Å². The number of nitrogens with one attached hydrogen (secondary N) is 1. The third-order valence-corrected chi connectivity index (χ3v) is 3.40. The zero-order valence-corrected chi connectivity index (χ0v) is 12.6. The van der Waals surface area contributed by atoms with E-state index in [9.17, 15) is 4.79 Å². The highest BCUT2D eigenvalue weighted by Crippen LogP contribution is 2.27. The monoisotopic (exact) mass is 291 g/mol. The van der Waals surface area contributed by atoms with Crippen LogP contribution < -0.4 is 5.32 Å². The summed E-state index contributed by atoms with van der Waals surface area (Å²) in [7, 11) is 1.81. The first kappa shape index (κ1) is 14.6. The second kappa shape index (κ2) is 6.09. The van der Waals surface area contributed by atoms with Crippen molar-refractivity contribution in [3.8, 4) is 0 Å². The minimum Gasteiger partial charge on any atom is -0.309 e. The Morgan fingerprint density at radius 1 is 1.25 bits per heavy atom. The molecule has 0 aliphatic rings. The average Bonchev–Trinajstić information content (AvgIpc) is 2.77. The first-order valence-corrected chi connectivity index (χ1v) is 6.91. The predicted octanol–water partition coefficient (Wildman–Crippen LogP) is 3.45. The van der Waals surface area contributed by atoms with Gasteiger partial charge in [0.15, 0.2) is 5.82 Å². The Labute approximate surface area is 123 Å². The maximum Gasteiger partial charge on any atom is 0.233 e. The number of halogens is 1. The standard InChI is InChI=1S/C15H18ClN3O/c1-10(2)14(11-4-6-12(16)7-5-11)15(20)17-13-8-9-19(3)18-13/h4-10,14H,1-3H3,(H,17,18,20). The minimum atomic E-state index is -0.228. The second-order valence-corrected chi connectivity index (χ2v) is 5.57. The number of nitrogens with zero attached hydrogens (tertiary/aromatic N) is 2. The van der Waals surface area contributed by atoms with Crippen molar-refractivity contribution in [2.24, 2.45) is 13.0 Å². The highest BCUT2D eigenvalue weighted by Gasteiger charge is 2.24. The zero-order valence-electron chi connectivity index (χ0n) is 11.8. The Morgan fingerprint density at radius 2 is 1.90 bits per heavy atom. The van der Waals surface area contributed by atoms with Gasteiger partial charge in [0.2, 0.25) is 5.91 Å². The lowest BCUT2D eigenvalue weighted by Crippen LogP contribution is -2.25. The molecular formula is C15H18ClN3O. The topological polar surface area (TPSA) is 46.9 Å². The van der Waals surface area contributed by atoms with Crippen molar-refractivity contribution in [3.05, 3.63) is 47.1 Å². The third-order valence-electron chi connectivity index (χ3n) is 3.14. The highest BCUT2D eigenvalue weighted by molar-refractivity contribution is 6.30. The molecule has 0 saturated heterocycles. The number of carbonyl (C=O) groups is 1. The van der Waals surface area contributed by atoms with Gasteiger partial charge in [-0.25, -0.2) is 0 Å². The third kappa shape index (κ3) is 3.39. The fourth-order valence-corrected chi connectivity index (χ4v) is 2.32. The van der Waals surface area contributed by atoms with E-state index < -0.39 is 0 Å². The molecule has 0 spiro atoms. The van der Waals surface area contributed by atoms with Gasteiger partial charge in [0.05, 0.1) is 5.92 Å². The molecule has 4 nitrogen and oxygen atoms in total. The SMILES string of the molecule is CC(C)C(C(=O)Nc1ccn(C)n1)c1ccc(Cl)cc1. The molecule has 1 N–H and O–H groups in total. The maximum atomic E-state index is 12.5. The van der Waals surface area contributed by atoms with E-state index in [-0.39, 0.29) is 17.7 Å². The van der Waals surface area contributed by atoms with E-state index >= 15 is 0 Å². The van der Waals surface area contributed by atoms with Crippen LogP contribution in [0.15, 0.2) is 36.5 Å². The lowest BCUT2D eigenvalue weighted by Gasteiger charge is -2.20. The quantitative estimate of drug-likeness (QED) is 0.938. The average molecular weight is 292 g/mol. The van der Waals surface area contributed by atoms with Gasteiger partial charge in [-0.05, 0) is 23.6 Å². The lowest BCUT2D eigenvalue weighted by molar-refractivity contribution is -0.118. The molecule has 0 bridgehead atoms. The molecule has 20 heavy (non-hydrogen) atoms. The van der Waals surface area contributed by atoms with Crippen LogP contribution in [0.1, 0.15) is 25.3 Å². The van der Waals surface area contributed by atoms with Crippen LogP contribution in [0.25, 0.3) is 0 Å². The summed E-state index contributed by atoms with van der Waals surface area (Å²) in [6.07, 6.45) is 1.79. The molecule has 2 rings (SSSR count).